The number of carboxylic acids is 2. The summed E-state index contributed by atoms with van der Waals surface area (Å²) in [6.45, 7) is 1.81. The van der Waals surface area contributed by atoms with E-state index in [0.29, 0.717) is 0 Å². The summed E-state index contributed by atoms with van der Waals surface area (Å²) in [6, 6.07) is -2.18. The van der Waals surface area contributed by atoms with Crippen LogP contribution >= 0.6 is 0 Å². The second-order valence-electron chi connectivity index (χ2n) is 4.59. The van der Waals surface area contributed by atoms with E-state index in [0.717, 1.165) is 0 Å². The Morgan fingerprint density at radius 3 is 2.50 bits per heavy atom. The fourth-order valence-corrected chi connectivity index (χ4v) is 1.93. The van der Waals surface area contributed by atoms with Gasteiger partial charge in [-0.05, 0) is 6.92 Å². The molecule has 0 aromatic rings. The molecule has 1 heterocycles. The van der Waals surface area contributed by atoms with Crippen molar-refractivity contribution in [2.24, 2.45) is 0 Å². The van der Waals surface area contributed by atoms with Gasteiger partial charge in [0.15, 0.2) is 0 Å². The first-order valence-electron chi connectivity index (χ1n) is 6.09. The Kier molecular flexibility index (Phi) is 5.71. The van der Waals surface area contributed by atoms with Gasteiger partial charge in [0.2, 0.25) is 0 Å². The van der Waals surface area contributed by atoms with Gasteiger partial charge >= 0.3 is 18.0 Å². The van der Waals surface area contributed by atoms with Crippen molar-refractivity contribution in [2.75, 3.05) is 19.7 Å². The van der Waals surface area contributed by atoms with Crippen molar-refractivity contribution in [3.05, 3.63) is 0 Å². The first-order valence-corrected chi connectivity index (χ1v) is 6.09. The molecular weight excluding hydrogens is 272 g/mol. The number of aliphatic hydroxyl groups excluding tert-OH is 1. The summed E-state index contributed by atoms with van der Waals surface area (Å²) in [4.78, 5) is 34.6. The molecule has 114 valence electrons. The smallest absolute Gasteiger partial charge is 0.326 e. The molecule has 0 aromatic carbocycles. The number of carboxylic acid groups (broad SMARTS) is 2. The largest absolute Gasteiger partial charge is 0.481 e. The molecular formula is C11H18N2O7. The van der Waals surface area contributed by atoms with Crippen LogP contribution in [0.2, 0.25) is 0 Å². The third-order valence-corrected chi connectivity index (χ3v) is 2.79. The summed E-state index contributed by atoms with van der Waals surface area (Å²) in [5, 5.41) is 28.6. The van der Waals surface area contributed by atoms with Crippen LogP contribution in [-0.4, -0.2) is 76.1 Å². The van der Waals surface area contributed by atoms with Gasteiger partial charge in [0.25, 0.3) is 0 Å². The highest BCUT2D eigenvalue weighted by Crippen LogP contribution is 2.11. The molecule has 1 saturated heterocycles. The predicted molar refractivity (Wildman–Crippen MR) is 65.2 cm³/mol. The highest BCUT2D eigenvalue weighted by atomic mass is 16.5. The van der Waals surface area contributed by atoms with E-state index in [1.807, 2.05) is 0 Å². The number of aliphatic carboxylic acids is 2. The molecule has 0 radical (unpaired) electrons. The molecule has 3 atom stereocenters. The lowest BCUT2D eigenvalue weighted by atomic mass is 10.2. The summed E-state index contributed by atoms with van der Waals surface area (Å²) in [5.41, 5.74) is 0. The molecule has 1 aliphatic rings. The topological polar surface area (TPSA) is 136 Å². The third kappa shape index (κ3) is 4.67. The Morgan fingerprint density at radius 2 is 2.00 bits per heavy atom. The molecule has 0 saturated carbocycles. The van der Waals surface area contributed by atoms with E-state index in [9.17, 15) is 14.4 Å². The van der Waals surface area contributed by atoms with Gasteiger partial charge < -0.3 is 30.3 Å². The summed E-state index contributed by atoms with van der Waals surface area (Å²) >= 11 is 0. The number of hydrogen-bond donors (Lipinski definition) is 4. The van der Waals surface area contributed by atoms with Crippen LogP contribution in [0.4, 0.5) is 4.79 Å². The zero-order valence-corrected chi connectivity index (χ0v) is 11.0. The number of rotatable bonds is 5. The van der Waals surface area contributed by atoms with Gasteiger partial charge in [-0.3, -0.25) is 4.79 Å². The van der Waals surface area contributed by atoms with E-state index in [4.69, 9.17) is 20.1 Å². The SMILES string of the molecule is CC1CN(C(=O)NC(CC(=O)O)C(=O)O)CC(CO)O1. The number of aliphatic hydroxyl groups is 1. The molecule has 0 aromatic heterocycles. The molecule has 0 spiro atoms. The molecule has 9 heteroatoms. The van der Waals surface area contributed by atoms with Crippen molar-refractivity contribution in [3.8, 4) is 0 Å². The molecule has 2 amide bonds. The monoisotopic (exact) mass is 290 g/mol. The number of amides is 2. The zero-order chi connectivity index (χ0) is 15.3. The third-order valence-electron chi connectivity index (χ3n) is 2.79. The van der Waals surface area contributed by atoms with Gasteiger partial charge in [-0.25, -0.2) is 9.59 Å². The van der Waals surface area contributed by atoms with Crippen LogP contribution in [0.1, 0.15) is 13.3 Å². The van der Waals surface area contributed by atoms with Crippen molar-refractivity contribution in [3.63, 3.8) is 0 Å². The molecule has 1 rings (SSSR count). The highest BCUT2D eigenvalue weighted by molar-refractivity contribution is 5.86. The normalized spacial score (nSPS) is 24.0. The van der Waals surface area contributed by atoms with Crippen LogP contribution in [0.25, 0.3) is 0 Å². The molecule has 0 bridgehead atoms. The van der Waals surface area contributed by atoms with Crippen molar-refractivity contribution < 1.29 is 34.4 Å². The Balaban J connectivity index is 2.63. The van der Waals surface area contributed by atoms with E-state index in [2.05, 4.69) is 5.32 Å². The Labute approximate surface area is 115 Å². The van der Waals surface area contributed by atoms with Crippen LogP contribution in [0, 0.1) is 0 Å². The fraction of sp³-hybridized carbons (Fsp3) is 0.727. The van der Waals surface area contributed by atoms with E-state index >= 15 is 0 Å². The summed E-state index contributed by atoms with van der Waals surface area (Å²) in [6.07, 6.45) is -1.54. The minimum Gasteiger partial charge on any atom is -0.481 e. The van der Waals surface area contributed by atoms with Crippen LogP contribution in [0.15, 0.2) is 0 Å². The van der Waals surface area contributed by atoms with Crippen LogP contribution in [-0.2, 0) is 14.3 Å². The van der Waals surface area contributed by atoms with Crippen molar-refractivity contribution >= 4 is 18.0 Å². The summed E-state index contributed by atoms with van der Waals surface area (Å²) in [7, 11) is 0. The van der Waals surface area contributed by atoms with Crippen LogP contribution in [0.3, 0.4) is 0 Å². The molecule has 1 aliphatic heterocycles. The van der Waals surface area contributed by atoms with Crippen LogP contribution in [0.5, 0.6) is 0 Å². The average Bonchev–Trinajstić information content (AvgIpc) is 2.36. The Bertz CT molecular complexity index is 387. The summed E-state index contributed by atoms with van der Waals surface area (Å²) < 4.78 is 5.35. The molecule has 9 nitrogen and oxygen atoms in total. The number of morpholine rings is 1. The number of hydrogen-bond acceptors (Lipinski definition) is 5. The minimum absolute atomic E-state index is 0.117. The Morgan fingerprint density at radius 1 is 1.35 bits per heavy atom. The zero-order valence-electron chi connectivity index (χ0n) is 11.0. The van der Waals surface area contributed by atoms with Gasteiger partial charge in [-0.1, -0.05) is 0 Å². The van der Waals surface area contributed by atoms with Crippen molar-refractivity contribution in [2.45, 2.75) is 31.6 Å². The summed E-state index contributed by atoms with van der Waals surface area (Å²) in [5.74, 6) is -2.73. The van der Waals surface area contributed by atoms with Gasteiger partial charge in [0, 0.05) is 6.54 Å². The lowest BCUT2D eigenvalue weighted by Gasteiger charge is -2.36. The second kappa shape index (κ2) is 7.06. The van der Waals surface area contributed by atoms with Gasteiger partial charge in [0.1, 0.15) is 6.04 Å². The first kappa shape index (κ1) is 16.2. The van der Waals surface area contributed by atoms with Gasteiger partial charge in [-0.2, -0.15) is 0 Å². The first-order chi connectivity index (χ1) is 9.33. The fourth-order valence-electron chi connectivity index (χ4n) is 1.93. The predicted octanol–water partition coefficient (Wildman–Crippen LogP) is -1.29. The average molecular weight is 290 g/mol. The lowest BCUT2D eigenvalue weighted by Crippen LogP contribution is -2.56. The van der Waals surface area contributed by atoms with Gasteiger partial charge in [0.05, 0.1) is 31.8 Å². The minimum atomic E-state index is -1.49. The van der Waals surface area contributed by atoms with E-state index in [-0.39, 0.29) is 25.8 Å². The van der Waals surface area contributed by atoms with E-state index in [1.165, 1.54) is 4.90 Å². The number of carbonyl (C=O) groups is 3. The van der Waals surface area contributed by atoms with Crippen molar-refractivity contribution in [1.82, 2.24) is 10.2 Å². The van der Waals surface area contributed by atoms with E-state index in [1.54, 1.807) is 6.92 Å². The highest BCUT2D eigenvalue weighted by Gasteiger charge is 2.31. The molecule has 0 aliphatic carbocycles. The van der Waals surface area contributed by atoms with Gasteiger partial charge in [-0.15, -0.1) is 0 Å². The standard InChI is InChI=1S/C11H18N2O7/c1-6-3-13(4-7(5-14)20-6)11(19)12-8(10(17)18)2-9(15)16/h6-8,14H,2-5H2,1H3,(H,12,19)(H,15,16)(H,17,18). The number of nitrogens with zero attached hydrogens (tertiary/aromatic N) is 1. The maximum atomic E-state index is 11.9. The number of nitrogens with one attached hydrogen (secondary N) is 1. The maximum Gasteiger partial charge on any atom is 0.326 e. The lowest BCUT2D eigenvalue weighted by molar-refractivity contribution is -0.145. The molecule has 3 unspecified atom stereocenters. The molecule has 20 heavy (non-hydrogen) atoms. The Hall–Kier alpha value is -1.87. The van der Waals surface area contributed by atoms with Crippen LogP contribution < -0.4 is 5.32 Å². The molecule has 1 fully saturated rings. The van der Waals surface area contributed by atoms with E-state index < -0.39 is 36.5 Å². The quantitative estimate of drug-likeness (QED) is 0.494. The van der Waals surface area contributed by atoms with Crippen molar-refractivity contribution in [1.29, 1.82) is 0 Å². The number of ether oxygens (including phenoxy) is 1. The number of urea groups is 1. The second-order valence-corrected chi connectivity index (χ2v) is 4.59. The number of carbonyl (C=O) groups excluding carboxylic acids is 1. The molecule has 4 N–H and O–H groups in total. The maximum absolute atomic E-state index is 11.9.